The van der Waals surface area contributed by atoms with E-state index < -0.39 is 11.7 Å². The van der Waals surface area contributed by atoms with Crippen LogP contribution in [-0.4, -0.2) is 51.1 Å². The van der Waals surface area contributed by atoms with Gasteiger partial charge in [0.25, 0.3) is 5.89 Å². The molecule has 1 aliphatic rings. The molecule has 4 heterocycles. The summed E-state index contributed by atoms with van der Waals surface area (Å²) in [6.07, 6.45) is 2.46. The third-order valence-electron chi connectivity index (χ3n) is 6.63. The number of halogens is 1. The van der Waals surface area contributed by atoms with Crippen molar-refractivity contribution in [2.45, 2.75) is 25.9 Å². The Bertz CT molecular complexity index is 1650. The van der Waals surface area contributed by atoms with Crippen LogP contribution in [0.3, 0.4) is 0 Å². The summed E-state index contributed by atoms with van der Waals surface area (Å²) in [5, 5.41) is 13.9. The number of hydrogen-bond donors (Lipinski definition) is 3. The second-order valence-corrected chi connectivity index (χ2v) is 9.24. The summed E-state index contributed by atoms with van der Waals surface area (Å²) in [7, 11) is 0. The summed E-state index contributed by atoms with van der Waals surface area (Å²) in [6, 6.07) is 13.8. The number of nitrogens with one attached hydrogen (secondary N) is 3. The molecule has 2 amide bonds. The smallest absolute Gasteiger partial charge is 0.307 e. The number of aromatic nitrogens is 4. The Labute approximate surface area is 216 Å². The summed E-state index contributed by atoms with van der Waals surface area (Å²) >= 11 is 0. The van der Waals surface area contributed by atoms with Gasteiger partial charge in [-0.1, -0.05) is 24.3 Å². The van der Waals surface area contributed by atoms with E-state index in [1.807, 2.05) is 6.07 Å². The van der Waals surface area contributed by atoms with E-state index in [9.17, 15) is 9.59 Å². The molecule has 11 heteroatoms. The van der Waals surface area contributed by atoms with Crippen molar-refractivity contribution in [1.29, 1.82) is 0 Å². The third-order valence-corrected chi connectivity index (χ3v) is 6.63. The summed E-state index contributed by atoms with van der Waals surface area (Å²) in [5.74, 6) is -0.399. The predicted molar refractivity (Wildman–Crippen MR) is 139 cm³/mol. The van der Waals surface area contributed by atoms with Gasteiger partial charge >= 0.3 is 5.91 Å². The number of pyridine rings is 1. The van der Waals surface area contributed by atoms with Crippen LogP contribution < -0.4 is 15.5 Å². The Morgan fingerprint density at radius 3 is 2.89 bits per heavy atom. The summed E-state index contributed by atoms with van der Waals surface area (Å²) in [4.78, 5) is 34.6. The molecule has 1 fully saturated rings. The number of anilines is 1. The van der Waals surface area contributed by atoms with Crippen LogP contribution in [0.4, 0.5) is 10.2 Å². The van der Waals surface area contributed by atoms with Crippen LogP contribution in [0.25, 0.3) is 33.3 Å². The van der Waals surface area contributed by atoms with E-state index in [-0.39, 0.29) is 24.4 Å². The fourth-order valence-electron chi connectivity index (χ4n) is 4.84. The van der Waals surface area contributed by atoms with E-state index in [2.05, 4.69) is 35.7 Å². The fraction of sp³-hybridized carbons (Fsp3) is 0.222. The average molecular weight is 514 g/mol. The summed E-state index contributed by atoms with van der Waals surface area (Å²) in [5.41, 5.74) is 3.45. The second-order valence-electron chi connectivity index (χ2n) is 9.24. The first-order valence-corrected chi connectivity index (χ1v) is 12.2. The number of nitrogens with zero attached hydrogens (tertiary/aromatic N) is 4. The van der Waals surface area contributed by atoms with Crippen LogP contribution in [-0.2, 0) is 11.3 Å². The highest BCUT2D eigenvalue weighted by Crippen LogP contribution is 2.35. The number of aromatic amines is 1. The largest absolute Gasteiger partial charge is 0.432 e. The van der Waals surface area contributed by atoms with Gasteiger partial charge in [0.1, 0.15) is 11.3 Å². The molecule has 0 radical (unpaired) electrons. The molecular weight excluding hydrogens is 489 g/mol. The van der Waals surface area contributed by atoms with E-state index in [4.69, 9.17) is 4.42 Å². The van der Waals surface area contributed by atoms with Gasteiger partial charge in [-0.05, 0) is 41.8 Å². The number of para-hydroxylation sites is 2. The van der Waals surface area contributed by atoms with E-state index in [1.54, 1.807) is 42.6 Å². The molecule has 0 bridgehead atoms. The fourth-order valence-corrected chi connectivity index (χ4v) is 4.84. The molecule has 5 aromatic rings. The molecule has 192 valence electrons. The van der Waals surface area contributed by atoms with Crippen molar-refractivity contribution < 1.29 is 18.4 Å². The topological polar surface area (TPSA) is 129 Å². The maximum atomic E-state index is 15.2. The zero-order chi connectivity index (χ0) is 26.2. The van der Waals surface area contributed by atoms with Crippen molar-refractivity contribution in [3.63, 3.8) is 0 Å². The van der Waals surface area contributed by atoms with Crippen molar-refractivity contribution in [2.75, 3.05) is 18.0 Å². The van der Waals surface area contributed by atoms with Gasteiger partial charge in [-0.15, -0.1) is 0 Å². The molecule has 1 atom stereocenters. The Morgan fingerprint density at radius 1 is 1.21 bits per heavy atom. The van der Waals surface area contributed by atoms with Gasteiger partial charge in [0.2, 0.25) is 5.91 Å². The number of carbonyl (C=O) groups excluding carboxylic acids is 2. The molecule has 2 aromatic carbocycles. The highest BCUT2D eigenvalue weighted by molar-refractivity contribution is 6.01. The second kappa shape index (κ2) is 9.58. The van der Waals surface area contributed by atoms with Crippen molar-refractivity contribution in [2.24, 2.45) is 0 Å². The van der Waals surface area contributed by atoms with E-state index >= 15 is 4.39 Å². The number of H-pyrrole nitrogens is 1. The standard InChI is InChI=1S/C27H24FN7O3/c1-15(36)31-18-9-11-35(14-18)25-23-19(8-10-29-24(23)33-34-25)16-6-7-17(20(28)12-16)13-30-26(37)27-32-21-4-2-3-5-22(21)38-27/h2-8,10,12,18H,9,11,13-14H2,1H3,(H,30,37)(H,31,36)(H,29,33,34)/t18-/m1/s1. The normalized spacial score (nSPS) is 15.3. The number of fused-ring (bicyclic) bond motifs is 2. The quantitative estimate of drug-likeness (QED) is 0.317. The third kappa shape index (κ3) is 4.42. The number of benzene rings is 2. The molecule has 0 saturated carbocycles. The van der Waals surface area contributed by atoms with Gasteiger partial charge in [0.05, 0.1) is 5.39 Å². The minimum absolute atomic E-state index is 0.0231. The minimum atomic E-state index is -0.522. The van der Waals surface area contributed by atoms with Crippen LogP contribution >= 0.6 is 0 Å². The van der Waals surface area contributed by atoms with Gasteiger partial charge in [-0.2, -0.15) is 5.10 Å². The lowest BCUT2D eigenvalue weighted by Gasteiger charge is -2.17. The van der Waals surface area contributed by atoms with Gasteiger partial charge in [-0.25, -0.2) is 14.4 Å². The maximum absolute atomic E-state index is 15.2. The van der Waals surface area contributed by atoms with E-state index in [0.717, 1.165) is 23.9 Å². The van der Waals surface area contributed by atoms with E-state index in [1.165, 1.54) is 13.0 Å². The predicted octanol–water partition coefficient (Wildman–Crippen LogP) is 3.55. The first kappa shape index (κ1) is 23.6. The molecule has 0 unspecified atom stereocenters. The highest BCUT2D eigenvalue weighted by atomic mass is 19.1. The number of hydrogen-bond acceptors (Lipinski definition) is 7. The number of carbonyl (C=O) groups is 2. The lowest BCUT2D eigenvalue weighted by molar-refractivity contribution is -0.119. The molecule has 38 heavy (non-hydrogen) atoms. The summed E-state index contributed by atoms with van der Waals surface area (Å²) in [6.45, 7) is 2.84. The van der Waals surface area contributed by atoms with Crippen LogP contribution in [0.5, 0.6) is 0 Å². The van der Waals surface area contributed by atoms with Crippen molar-refractivity contribution >= 4 is 39.8 Å². The molecule has 3 N–H and O–H groups in total. The first-order chi connectivity index (χ1) is 18.5. The minimum Gasteiger partial charge on any atom is -0.432 e. The first-order valence-electron chi connectivity index (χ1n) is 12.2. The zero-order valence-corrected chi connectivity index (χ0v) is 20.5. The molecule has 10 nitrogen and oxygen atoms in total. The average Bonchev–Trinajstić information content (AvgIpc) is 3.65. The summed E-state index contributed by atoms with van der Waals surface area (Å²) < 4.78 is 20.7. The Kier molecular flexibility index (Phi) is 5.95. The SMILES string of the molecule is CC(=O)N[C@@H]1CCN(c2n[nH]c3nccc(-c4ccc(CNC(=O)c5nc6ccccc6o5)c(F)c4)c23)C1. The Morgan fingerprint density at radius 2 is 2.08 bits per heavy atom. The lowest BCUT2D eigenvalue weighted by Crippen LogP contribution is -2.35. The lowest BCUT2D eigenvalue weighted by atomic mass is 10.0. The van der Waals surface area contributed by atoms with E-state index in [0.29, 0.717) is 40.2 Å². The van der Waals surface area contributed by atoms with Crippen molar-refractivity contribution in [1.82, 2.24) is 30.8 Å². The Balaban J connectivity index is 1.22. The Hall–Kier alpha value is -4.80. The van der Waals surface area contributed by atoms with Gasteiger partial charge in [0.15, 0.2) is 17.0 Å². The molecule has 3 aromatic heterocycles. The number of oxazole rings is 1. The van der Waals surface area contributed by atoms with Crippen molar-refractivity contribution in [3.8, 4) is 11.1 Å². The highest BCUT2D eigenvalue weighted by Gasteiger charge is 2.27. The molecule has 1 saturated heterocycles. The molecule has 0 aliphatic carbocycles. The molecule has 1 aliphatic heterocycles. The number of amides is 2. The maximum Gasteiger partial charge on any atom is 0.307 e. The van der Waals surface area contributed by atoms with Gasteiger partial charge in [0, 0.05) is 44.4 Å². The van der Waals surface area contributed by atoms with Crippen LogP contribution in [0.2, 0.25) is 0 Å². The number of rotatable bonds is 6. The van der Waals surface area contributed by atoms with Crippen LogP contribution in [0, 0.1) is 5.82 Å². The van der Waals surface area contributed by atoms with Gasteiger partial charge in [-0.3, -0.25) is 14.7 Å². The molecule has 6 rings (SSSR count). The zero-order valence-electron chi connectivity index (χ0n) is 20.5. The van der Waals surface area contributed by atoms with Crippen LogP contribution in [0.15, 0.2) is 59.1 Å². The van der Waals surface area contributed by atoms with Gasteiger partial charge < -0.3 is 20.0 Å². The van der Waals surface area contributed by atoms with Crippen molar-refractivity contribution in [3.05, 3.63) is 72.0 Å². The van der Waals surface area contributed by atoms with Crippen LogP contribution in [0.1, 0.15) is 29.6 Å². The molecular formula is C27H24FN7O3. The monoisotopic (exact) mass is 513 g/mol. The molecule has 0 spiro atoms.